The lowest BCUT2D eigenvalue weighted by atomic mass is 9.97. The normalized spacial score (nSPS) is 12.0. The molecule has 3 aromatic carbocycles. The molecule has 174 valence electrons. The van der Waals surface area contributed by atoms with Crippen molar-refractivity contribution in [2.75, 3.05) is 5.32 Å². The summed E-state index contributed by atoms with van der Waals surface area (Å²) in [7, 11) is 0. The number of nitrogens with zero attached hydrogens (tertiary/aromatic N) is 2. The standard InChI is InChI=1S/C30H27N3OS/c1-4-19(2)21-13-15-22(16-14-21)28-18-35-30(32-28)33-29(34)25-17-27(23-10-6-5-9-20(23)3)31-26-12-8-7-11-24(25)26/h5-19H,4H2,1-3H3,(H,32,33,34). The summed E-state index contributed by atoms with van der Waals surface area (Å²) in [5.41, 5.74) is 7.53. The number of hydrogen-bond donors (Lipinski definition) is 1. The van der Waals surface area contributed by atoms with Gasteiger partial charge in [0.2, 0.25) is 0 Å². The number of benzene rings is 3. The van der Waals surface area contributed by atoms with Crippen LogP contribution in [0.4, 0.5) is 5.13 Å². The number of fused-ring (bicyclic) bond motifs is 1. The van der Waals surface area contributed by atoms with Gasteiger partial charge in [-0.05, 0) is 42.5 Å². The highest BCUT2D eigenvalue weighted by molar-refractivity contribution is 7.14. The SMILES string of the molecule is CCC(C)c1ccc(-c2csc(NC(=O)c3cc(-c4ccccc4C)nc4ccccc34)n2)cc1. The van der Waals surface area contributed by atoms with Crippen LogP contribution in [0.2, 0.25) is 0 Å². The van der Waals surface area contributed by atoms with Gasteiger partial charge in [0.05, 0.1) is 22.5 Å². The third kappa shape index (κ3) is 4.73. The third-order valence-corrected chi connectivity index (χ3v) is 7.25. The van der Waals surface area contributed by atoms with Crippen molar-refractivity contribution in [3.05, 3.63) is 101 Å². The van der Waals surface area contributed by atoms with Gasteiger partial charge in [-0.15, -0.1) is 11.3 Å². The topological polar surface area (TPSA) is 54.9 Å². The molecule has 1 N–H and O–H groups in total. The molecule has 2 heterocycles. The first-order valence-electron chi connectivity index (χ1n) is 11.9. The van der Waals surface area contributed by atoms with Crippen LogP contribution in [0.25, 0.3) is 33.4 Å². The van der Waals surface area contributed by atoms with Crippen LogP contribution in [-0.2, 0) is 0 Å². The first-order chi connectivity index (χ1) is 17.0. The van der Waals surface area contributed by atoms with Gasteiger partial charge in [0, 0.05) is 21.9 Å². The second-order valence-corrected chi connectivity index (χ2v) is 9.67. The zero-order valence-corrected chi connectivity index (χ0v) is 20.9. The van der Waals surface area contributed by atoms with Gasteiger partial charge in [-0.2, -0.15) is 0 Å². The summed E-state index contributed by atoms with van der Waals surface area (Å²) < 4.78 is 0. The van der Waals surface area contributed by atoms with Gasteiger partial charge in [-0.25, -0.2) is 9.97 Å². The Morgan fingerprint density at radius 3 is 2.46 bits per heavy atom. The number of aryl methyl sites for hydroxylation is 1. The Morgan fingerprint density at radius 1 is 0.943 bits per heavy atom. The number of carbonyl (C=O) groups is 1. The predicted molar refractivity (Wildman–Crippen MR) is 146 cm³/mol. The zero-order valence-electron chi connectivity index (χ0n) is 20.1. The quantitative estimate of drug-likeness (QED) is 0.269. The minimum absolute atomic E-state index is 0.188. The molecule has 35 heavy (non-hydrogen) atoms. The van der Waals surface area contributed by atoms with Gasteiger partial charge in [0.1, 0.15) is 0 Å². The molecule has 2 aromatic heterocycles. The monoisotopic (exact) mass is 477 g/mol. The smallest absolute Gasteiger partial charge is 0.258 e. The van der Waals surface area contributed by atoms with Crippen molar-refractivity contribution in [1.82, 2.24) is 9.97 Å². The maximum absolute atomic E-state index is 13.4. The van der Waals surface area contributed by atoms with Crippen LogP contribution in [0, 0.1) is 6.92 Å². The lowest BCUT2D eigenvalue weighted by molar-refractivity contribution is 0.102. The summed E-state index contributed by atoms with van der Waals surface area (Å²) in [6, 6.07) is 26.3. The van der Waals surface area contributed by atoms with E-state index in [2.05, 4.69) is 61.4 Å². The zero-order chi connectivity index (χ0) is 24.4. The van der Waals surface area contributed by atoms with Crippen molar-refractivity contribution in [2.24, 2.45) is 0 Å². The van der Waals surface area contributed by atoms with Crippen LogP contribution in [-0.4, -0.2) is 15.9 Å². The van der Waals surface area contributed by atoms with E-state index in [1.54, 1.807) is 0 Å². The molecule has 5 aromatic rings. The number of pyridine rings is 1. The summed E-state index contributed by atoms with van der Waals surface area (Å²) in [6.45, 7) is 6.49. The second kappa shape index (κ2) is 9.80. The number of aromatic nitrogens is 2. The number of carbonyl (C=O) groups excluding carboxylic acids is 1. The number of rotatable bonds is 6. The molecule has 5 rings (SSSR count). The Balaban J connectivity index is 1.45. The molecule has 4 nitrogen and oxygen atoms in total. The fourth-order valence-electron chi connectivity index (χ4n) is 4.21. The highest BCUT2D eigenvalue weighted by Crippen LogP contribution is 2.30. The van der Waals surface area contributed by atoms with Crippen LogP contribution >= 0.6 is 11.3 Å². The van der Waals surface area contributed by atoms with Gasteiger partial charge in [0.15, 0.2) is 5.13 Å². The van der Waals surface area contributed by atoms with Crippen LogP contribution in [0.15, 0.2) is 84.2 Å². The molecule has 1 amide bonds. The summed E-state index contributed by atoms with van der Waals surface area (Å²) in [5.74, 6) is 0.348. The fraction of sp³-hybridized carbons (Fsp3) is 0.167. The first kappa shape index (κ1) is 22.9. The second-order valence-electron chi connectivity index (χ2n) is 8.81. The minimum Gasteiger partial charge on any atom is -0.298 e. The summed E-state index contributed by atoms with van der Waals surface area (Å²) >= 11 is 1.43. The summed E-state index contributed by atoms with van der Waals surface area (Å²) in [5, 5.41) is 6.39. The highest BCUT2D eigenvalue weighted by Gasteiger charge is 2.16. The van der Waals surface area contributed by atoms with Gasteiger partial charge in [-0.1, -0.05) is 80.6 Å². The van der Waals surface area contributed by atoms with Crippen LogP contribution in [0.1, 0.15) is 47.7 Å². The van der Waals surface area contributed by atoms with Crippen molar-refractivity contribution in [2.45, 2.75) is 33.1 Å². The average Bonchev–Trinajstić information content (AvgIpc) is 3.36. The molecule has 0 aliphatic carbocycles. The Labute approximate surface area is 209 Å². The molecule has 0 aliphatic heterocycles. The van der Waals surface area contributed by atoms with E-state index >= 15 is 0 Å². The number of nitrogens with one attached hydrogen (secondary N) is 1. The molecule has 1 atom stereocenters. The lowest BCUT2D eigenvalue weighted by Crippen LogP contribution is -2.13. The van der Waals surface area contributed by atoms with Gasteiger partial charge in [0.25, 0.3) is 5.91 Å². The molecular formula is C30H27N3OS. The first-order valence-corrected chi connectivity index (χ1v) is 12.7. The third-order valence-electron chi connectivity index (χ3n) is 6.49. The number of para-hydroxylation sites is 1. The van der Waals surface area contributed by atoms with E-state index in [0.29, 0.717) is 16.6 Å². The van der Waals surface area contributed by atoms with E-state index in [4.69, 9.17) is 4.98 Å². The van der Waals surface area contributed by atoms with Crippen molar-refractivity contribution in [3.8, 4) is 22.5 Å². The predicted octanol–water partition coefficient (Wildman–Crippen LogP) is 8.10. The molecule has 1 unspecified atom stereocenters. The van der Waals surface area contributed by atoms with E-state index in [1.807, 2.05) is 53.9 Å². The van der Waals surface area contributed by atoms with Crippen molar-refractivity contribution in [3.63, 3.8) is 0 Å². The van der Waals surface area contributed by atoms with E-state index in [9.17, 15) is 4.79 Å². The van der Waals surface area contributed by atoms with Crippen LogP contribution < -0.4 is 5.32 Å². The summed E-state index contributed by atoms with van der Waals surface area (Å²) in [6.07, 6.45) is 1.11. The maximum Gasteiger partial charge on any atom is 0.258 e. The Bertz CT molecular complexity index is 1500. The molecule has 0 spiro atoms. The molecular weight excluding hydrogens is 450 g/mol. The lowest BCUT2D eigenvalue weighted by Gasteiger charge is -2.11. The Kier molecular flexibility index (Phi) is 6.43. The van der Waals surface area contributed by atoms with E-state index in [1.165, 1.54) is 16.9 Å². The molecule has 0 fully saturated rings. The molecule has 5 heteroatoms. The fourth-order valence-corrected chi connectivity index (χ4v) is 4.92. The van der Waals surface area contributed by atoms with E-state index in [-0.39, 0.29) is 5.91 Å². The van der Waals surface area contributed by atoms with Crippen molar-refractivity contribution >= 4 is 33.3 Å². The van der Waals surface area contributed by atoms with Crippen LogP contribution in [0.3, 0.4) is 0 Å². The maximum atomic E-state index is 13.4. The molecule has 0 saturated heterocycles. The molecule has 0 bridgehead atoms. The highest BCUT2D eigenvalue weighted by atomic mass is 32.1. The Hall–Kier alpha value is -3.83. The van der Waals surface area contributed by atoms with Gasteiger partial charge < -0.3 is 0 Å². The van der Waals surface area contributed by atoms with Crippen LogP contribution in [0.5, 0.6) is 0 Å². The molecule has 0 radical (unpaired) electrons. The molecule has 0 saturated carbocycles. The van der Waals surface area contributed by atoms with E-state index < -0.39 is 0 Å². The summed E-state index contributed by atoms with van der Waals surface area (Å²) in [4.78, 5) is 22.9. The average molecular weight is 478 g/mol. The largest absolute Gasteiger partial charge is 0.298 e. The van der Waals surface area contributed by atoms with Crippen molar-refractivity contribution in [1.29, 1.82) is 0 Å². The minimum atomic E-state index is -0.188. The molecule has 0 aliphatic rings. The van der Waals surface area contributed by atoms with Crippen molar-refractivity contribution < 1.29 is 4.79 Å². The van der Waals surface area contributed by atoms with Gasteiger partial charge >= 0.3 is 0 Å². The number of thiazole rings is 1. The van der Waals surface area contributed by atoms with E-state index in [0.717, 1.165) is 45.4 Å². The Morgan fingerprint density at radius 2 is 1.69 bits per heavy atom. The number of hydrogen-bond acceptors (Lipinski definition) is 4. The number of amides is 1. The van der Waals surface area contributed by atoms with Gasteiger partial charge in [-0.3, -0.25) is 10.1 Å². The number of anilines is 1.